The Morgan fingerprint density at radius 2 is 2.24 bits per heavy atom. The molecule has 5 bridgehead atoms. The summed E-state index contributed by atoms with van der Waals surface area (Å²) < 4.78 is 6.09. The van der Waals surface area contributed by atoms with Crippen molar-refractivity contribution in [2.75, 3.05) is 6.54 Å². The topological polar surface area (TPSA) is 41.9 Å². The number of benzene rings is 1. The number of rotatable bonds is 1. The molecule has 0 N–H and O–H groups in total. The number of ether oxygens (including phenoxy) is 1. The number of carbonyl (C=O) groups excluding carboxylic acids is 1. The first kappa shape index (κ1) is 14.3. The minimum atomic E-state index is -0.184. The Bertz CT molecular complexity index is 872. The lowest BCUT2D eigenvalue weighted by Gasteiger charge is -2.55. The molecule has 5 heterocycles. The number of aliphatic imine (C=N–C) groups is 1. The monoisotopic (exact) mass is 334 g/mol. The van der Waals surface area contributed by atoms with E-state index in [2.05, 4.69) is 42.2 Å². The zero-order valence-corrected chi connectivity index (χ0v) is 14.6. The summed E-state index contributed by atoms with van der Waals surface area (Å²) in [7, 11) is 0. The van der Waals surface area contributed by atoms with E-state index in [1.807, 2.05) is 0 Å². The van der Waals surface area contributed by atoms with Gasteiger partial charge < -0.3 is 4.74 Å². The molecule has 4 saturated heterocycles. The highest BCUT2D eigenvalue weighted by atomic mass is 16.5. The number of fused-ring (bicyclic) bond motifs is 2. The van der Waals surface area contributed by atoms with E-state index in [4.69, 9.17) is 9.73 Å². The molecule has 25 heavy (non-hydrogen) atoms. The van der Waals surface area contributed by atoms with Crippen LogP contribution < -0.4 is 0 Å². The largest absolute Gasteiger partial charge is 0.461 e. The third-order valence-corrected chi connectivity index (χ3v) is 7.48. The lowest BCUT2D eigenvalue weighted by atomic mass is 9.66. The first-order chi connectivity index (χ1) is 12.1. The summed E-state index contributed by atoms with van der Waals surface area (Å²) in [4.78, 5) is 19.8. The molecule has 5 fully saturated rings. The number of esters is 1. The van der Waals surface area contributed by atoms with Crippen molar-refractivity contribution >= 4 is 17.4 Å². The molecule has 4 nitrogen and oxygen atoms in total. The maximum Gasteiger partial charge on any atom is 0.302 e. The van der Waals surface area contributed by atoms with Crippen LogP contribution in [0.2, 0.25) is 0 Å². The van der Waals surface area contributed by atoms with Crippen LogP contribution in [0.5, 0.6) is 0 Å². The normalized spacial score (nSPS) is 46.2. The van der Waals surface area contributed by atoms with Gasteiger partial charge in [-0.3, -0.25) is 14.7 Å². The molecule has 0 aromatic heterocycles. The quantitative estimate of drug-likeness (QED) is 0.586. The molecule has 4 heteroatoms. The van der Waals surface area contributed by atoms with Gasteiger partial charge in [0, 0.05) is 25.4 Å². The SMILES string of the molecule is C/C=C1/CN2[C@H]3C[C@H]1C1[C@@H](OC(C)=O)C4(C[C@@H]12)C3=Nc1ccccc14. The minimum Gasteiger partial charge on any atom is -0.461 e. The van der Waals surface area contributed by atoms with Crippen LogP contribution in [0.3, 0.4) is 0 Å². The summed E-state index contributed by atoms with van der Waals surface area (Å²) in [6.45, 7) is 4.77. The van der Waals surface area contributed by atoms with Gasteiger partial charge in [-0.25, -0.2) is 0 Å². The van der Waals surface area contributed by atoms with Crippen LogP contribution in [0.15, 0.2) is 40.9 Å². The highest BCUT2D eigenvalue weighted by molar-refractivity contribution is 6.08. The molecule has 1 aromatic carbocycles. The Morgan fingerprint density at radius 3 is 3.04 bits per heavy atom. The van der Waals surface area contributed by atoms with Gasteiger partial charge >= 0.3 is 5.97 Å². The predicted molar refractivity (Wildman–Crippen MR) is 95.0 cm³/mol. The third kappa shape index (κ3) is 1.46. The van der Waals surface area contributed by atoms with Gasteiger partial charge in [0.1, 0.15) is 6.10 Å². The first-order valence-electron chi connectivity index (χ1n) is 9.42. The zero-order valence-electron chi connectivity index (χ0n) is 14.6. The van der Waals surface area contributed by atoms with E-state index in [0.717, 1.165) is 25.1 Å². The van der Waals surface area contributed by atoms with Crippen LogP contribution in [-0.4, -0.2) is 41.3 Å². The predicted octanol–water partition coefficient (Wildman–Crippen LogP) is 2.99. The zero-order chi connectivity index (χ0) is 16.9. The van der Waals surface area contributed by atoms with Crippen molar-refractivity contribution < 1.29 is 9.53 Å². The van der Waals surface area contributed by atoms with E-state index in [1.165, 1.54) is 16.8 Å². The number of nitrogens with zero attached hydrogens (tertiary/aromatic N) is 2. The summed E-state index contributed by atoms with van der Waals surface area (Å²) in [6.07, 6.45) is 4.40. The van der Waals surface area contributed by atoms with E-state index in [1.54, 1.807) is 6.92 Å². The van der Waals surface area contributed by atoms with Gasteiger partial charge in [-0.05, 0) is 37.3 Å². The van der Waals surface area contributed by atoms with Gasteiger partial charge in [0.15, 0.2) is 0 Å². The van der Waals surface area contributed by atoms with Crippen molar-refractivity contribution in [3.05, 3.63) is 41.5 Å². The van der Waals surface area contributed by atoms with Gasteiger partial charge in [0.2, 0.25) is 0 Å². The highest BCUT2D eigenvalue weighted by Gasteiger charge is 2.73. The average Bonchev–Trinajstić information content (AvgIpc) is 3.09. The van der Waals surface area contributed by atoms with Crippen LogP contribution in [0.4, 0.5) is 5.69 Å². The van der Waals surface area contributed by atoms with E-state index >= 15 is 0 Å². The fourth-order valence-corrected chi connectivity index (χ4v) is 6.78. The number of carbonyl (C=O) groups is 1. The maximum atomic E-state index is 12.0. The molecule has 1 spiro atoms. The van der Waals surface area contributed by atoms with Crippen molar-refractivity contribution in [2.24, 2.45) is 16.8 Å². The fraction of sp³-hybridized carbons (Fsp3) is 0.524. The second kappa shape index (κ2) is 4.42. The number of piperidine rings is 4. The molecule has 7 rings (SSSR count). The molecule has 0 radical (unpaired) electrons. The van der Waals surface area contributed by atoms with Gasteiger partial charge in [-0.2, -0.15) is 0 Å². The number of allylic oxidation sites excluding steroid dienone is 1. The lowest BCUT2D eigenvalue weighted by Crippen LogP contribution is -2.64. The standard InChI is InChI=1S/C21H22N2O2/c1-3-12-10-23-16-8-13(12)18-17(23)9-21(20(18)25-11(2)24)14-6-4-5-7-15(14)22-19(16)21/h3-7,13,16-18,20H,8-10H2,1-2H3/b12-3-/t13-,16+,17+,18?,20-,21?/m1/s1. The van der Waals surface area contributed by atoms with E-state index in [-0.39, 0.29) is 17.5 Å². The second-order valence-electron chi connectivity index (χ2n) is 8.26. The molecule has 0 amide bonds. The van der Waals surface area contributed by atoms with Crippen molar-refractivity contribution in [2.45, 2.75) is 50.3 Å². The second-order valence-corrected chi connectivity index (χ2v) is 8.26. The summed E-state index contributed by atoms with van der Waals surface area (Å²) in [5.74, 6) is 0.778. The Labute approximate surface area is 147 Å². The highest BCUT2D eigenvalue weighted by Crippen LogP contribution is 2.66. The van der Waals surface area contributed by atoms with Crippen LogP contribution >= 0.6 is 0 Å². The summed E-state index contributed by atoms with van der Waals surface area (Å²) in [5.41, 5.74) is 5.00. The summed E-state index contributed by atoms with van der Waals surface area (Å²) in [6, 6.07) is 9.42. The van der Waals surface area contributed by atoms with Crippen LogP contribution in [0.25, 0.3) is 0 Å². The Hall–Kier alpha value is -1.94. The van der Waals surface area contributed by atoms with E-state index in [0.29, 0.717) is 23.9 Å². The van der Waals surface area contributed by atoms with Crippen LogP contribution in [0, 0.1) is 11.8 Å². The molecule has 3 unspecified atom stereocenters. The van der Waals surface area contributed by atoms with Crippen LogP contribution in [0.1, 0.15) is 32.3 Å². The Morgan fingerprint density at radius 1 is 1.40 bits per heavy atom. The van der Waals surface area contributed by atoms with Crippen molar-refractivity contribution in [1.29, 1.82) is 0 Å². The smallest absolute Gasteiger partial charge is 0.302 e. The maximum absolute atomic E-state index is 12.0. The number of para-hydroxylation sites is 1. The number of hydrogen-bond donors (Lipinski definition) is 0. The minimum absolute atomic E-state index is 0.0763. The van der Waals surface area contributed by atoms with Crippen molar-refractivity contribution in [1.82, 2.24) is 4.90 Å². The average molecular weight is 334 g/mol. The third-order valence-electron chi connectivity index (χ3n) is 7.48. The molecule has 7 atom stereocenters. The Balaban J connectivity index is 1.62. The molecule has 6 aliphatic rings. The molecular weight excluding hydrogens is 312 g/mol. The molecule has 1 aromatic rings. The molecule has 5 aliphatic heterocycles. The molecule has 128 valence electrons. The van der Waals surface area contributed by atoms with E-state index in [9.17, 15) is 4.79 Å². The molecule has 1 aliphatic carbocycles. The lowest BCUT2D eigenvalue weighted by molar-refractivity contribution is -0.152. The van der Waals surface area contributed by atoms with Gasteiger partial charge in [0.05, 0.1) is 22.9 Å². The van der Waals surface area contributed by atoms with Crippen molar-refractivity contribution in [3.8, 4) is 0 Å². The number of hydrogen-bond acceptors (Lipinski definition) is 4. The summed E-state index contributed by atoms with van der Waals surface area (Å²) in [5, 5.41) is 0. The fourth-order valence-electron chi connectivity index (χ4n) is 6.78. The van der Waals surface area contributed by atoms with E-state index < -0.39 is 0 Å². The van der Waals surface area contributed by atoms with Gasteiger partial charge in [-0.15, -0.1) is 0 Å². The van der Waals surface area contributed by atoms with Gasteiger partial charge in [0.25, 0.3) is 0 Å². The van der Waals surface area contributed by atoms with Gasteiger partial charge in [-0.1, -0.05) is 29.8 Å². The molecular formula is C21H22N2O2. The van der Waals surface area contributed by atoms with Crippen molar-refractivity contribution in [3.63, 3.8) is 0 Å². The first-order valence-corrected chi connectivity index (χ1v) is 9.42. The summed E-state index contributed by atoms with van der Waals surface area (Å²) >= 11 is 0. The van der Waals surface area contributed by atoms with Crippen LogP contribution in [-0.2, 0) is 14.9 Å². The Kier molecular flexibility index (Phi) is 2.52. The molecule has 1 saturated carbocycles.